The van der Waals surface area contributed by atoms with Crippen molar-refractivity contribution in [2.24, 2.45) is 0 Å². The van der Waals surface area contributed by atoms with Crippen LogP contribution in [-0.4, -0.2) is 55.9 Å². The Morgan fingerprint density at radius 3 is 2.37 bits per heavy atom. The summed E-state index contributed by atoms with van der Waals surface area (Å²) in [5.74, 6) is -0.0610. The average molecular weight is 290 g/mol. The third-order valence-corrected chi connectivity index (χ3v) is 5.09. The number of amides is 1. The maximum Gasteiger partial charge on any atom is 0.234 e. The average Bonchev–Trinajstić information content (AvgIpc) is 2.60. The largest absolute Gasteiger partial charge is 0.350 e. The topological polar surface area (TPSA) is 66.5 Å². The van der Waals surface area contributed by atoms with Crippen LogP contribution in [0.3, 0.4) is 0 Å². The molecule has 1 fully saturated rings. The molecule has 19 heavy (non-hydrogen) atoms. The van der Waals surface area contributed by atoms with E-state index in [0.717, 1.165) is 12.8 Å². The predicted octanol–water partition coefficient (Wildman–Crippen LogP) is 0.799. The summed E-state index contributed by atoms with van der Waals surface area (Å²) in [6.07, 6.45) is 3.75. The van der Waals surface area contributed by atoms with E-state index in [9.17, 15) is 13.2 Å². The molecule has 0 saturated heterocycles. The third kappa shape index (κ3) is 5.10. The van der Waals surface area contributed by atoms with E-state index in [4.69, 9.17) is 0 Å². The highest BCUT2D eigenvalue weighted by Crippen LogP contribution is 2.28. The zero-order valence-corrected chi connectivity index (χ0v) is 13.4. The van der Waals surface area contributed by atoms with E-state index in [0.29, 0.717) is 6.42 Å². The second-order valence-electron chi connectivity index (χ2n) is 6.58. The van der Waals surface area contributed by atoms with Crippen LogP contribution >= 0.6 is 0 Å². The number of rotatable bonds is 4. The van der Waals surface area contributed by atoms with Crippen LogP contribution in [0.5, 0.6) is 0 Å². The van der Waals surface area contributed by atoms with Gasteiger partial charge in [-0.3, -0.25) is 9.69 Å². The molecule has 112 valence electrons. The summed E-state index contributed by atoms with van der Waals surface area (Å²) in [6, 6.07) is -0.0410. The van der Waals surface area contributed by atoms with Gasteiger partial charge in [-0.1, -0.05) is 6.42 Å². The SMILES string of the molecule is CN(CC(=O)NC(C)(C)C)[C@@H]1CCC[C@@H]1S(C)(=O)=O. The van der Waals surface area contributed by atoms with Crippen LogP contribution in [-0.2, 0) is 14.6 Å². The Hall–Kier alpha value is -0.620. The normalized spacial score (nSPS) is 24.7. The molecular weight excluding hydrogens is 264 g/mol. The maximum atomic E-state index is 11.9. The minimum atomic E-state index is -3.04. The quantitative estimate of drug-likeness (QED) is 0.831. The van der Waals surface area contributed by atoms with Gasteiger partial charge in [-0.25, -0.2) is 8.42 Å². The molecule has 0 aliphatic heterocycles. The zero-order valence-electron chi connectivity index (χ0n) is 12.6. The monoisotopic (exact) mass is 290 g/mol. The number of likely N-dealkylation sites (N-methyl/N-ethyl adjacent to an activating group) is 1. The molecular formula is C13H26N2O3S. The molecule has 1 amide bonds. The summed E-state index contributed by atoms with van der Waals surface area (Å²) >= 11 is 0. The van der Waals surface area contributed by atoms with Crippen molar-refractivity contribution >= 4 is 15.7 Å². The van der Waals surface area contributed by atoms with Crippen molar-refractivity contribution in [3.63, 3.8) is 0 Å². The lowest BCUT2D eigenvalue weighted by Crippen LogP contribution is -2.49. The molecule has 0 aromatic heterocycles. The number of hydrogen-bond donors (Lipinski definition) is 1. The van der Waals surface area contributed by atoms with E-state index < -0.39 is 9.84 Å². The van der Waals surface area contributed by atoms with Crippen LogP contribution < -0.4 is 5.32 Å². The number of sulfone groups is 1. The first-order chi connectivity index (χ1) is 8.50. The molecule has 0 bridgehead atoms. The first kappa shape index (κ1) is 16.4. The minimum absolute atomic E-state index is 0.0410. The van der Waals surface area contributed by atoms with Crippen molar-refractivity contribution in [1.82, 2.24) is 10.2 Å². The van der Waals surface area contributed by atoms with E-state index in [1.807, 2.05) is 32.7 Å². The fourth-order valence-corrected chi connectivity index (χ4v) is 4.22. The van der Waals surface area contributed by atoms with Crippen LogP contribution in [0.4, 0.5) is 0 Å². The number of nitrogens with zero attached hydrogens (tertiary/aromatic N) is 1. The second-order valence-corrected chi connectivity index (χ2v) is 8.84. The molecule has 0 heterocycles. The lowest BCUT2D eigenvalue weighted by atomic mass is 10.1. The number of carbonyl (C=O) groups excluding carboxylic acids is 1. The van der Waals surface area contributed by atoms with Crippen LogP contribution in [0, 0.1) is 0 Å². The minimum Gasteiger partial charge on any atom is -0.350 e. The first-order valence-electron chi connectivity index (χ1n) is 6.71. The Bertz CT molecular complexity index is 426. The van der Waals surface area contributed by atoms with Gasteiger partial charge in [0.15, 0.2) is 9.84 Å². The Balaban J connectivity index is 2.63. The highest BCUT2D eigenvalue weighted by atomic mass is 32.2. The van der Waals surface area contributed by atoms with Crippen molar-refractivity contribution in [3.05, 3.63) is 0 Å². The zero-order chi connectivity index (χ0) is 14.8. The lowest BCUT2D eigenvalue weighted by molar-refractivity contribution is -0.123. The van der Waals surface area contributed by atoms with Crippen LogP contribution in [0.15, 0.2) is 0 Å². The van der Waals surface area contributed by atoms with Gasteiger partial charge in [0.25, 0.3) is 0 Å². The number of carbonyl (C=O) groups is 1. The highest BCUT2D eigenvalue weighted by molar-refractivity contribution is 7.91. The van der Waals surface area contributed by atoms with Crippen molar-refractivity contribution in [2.75, 3.05) is 19.8 Å². The molecule has 0 aromatic carbocycles. The van der Waals surface area contributed by atoms with E-state index in [1.54, 1.807) is 0 Å². The highest BCUT2D eigenvalue weighted by Gasteiger charge is 2.37. The van der Waals surface area contributed by atoms with Gasteiger partial charge in [-0.05, 0) is 40.7 Å². The van der Waals surface area contributed by atoms with Crippen molar-refractivity contribution < 1.29 is 13.2 Å². The van der Waals surface area contributed by atoms with E-state index >= 15 is 0 Å². The summed E-state index contributed by atoms with van der Waals surface area (Å²) < 4.78 is 23.5. The molecule has 2 atom stereocenters. The molecule has 1 aliphatic rings. The Morgan fingerprint density at radius 2 is 1.89 bits per heavy atom. The van der Waals surface area contributed by atoms with Crippen LogP contribution in [0.25, 0.3) is 0 Å². The summed E-state index contributed by atoms with van der Waals surface area (Å²) in [6.45, 7) is 6.04. The van der Waals surface area contributed by atoms with Crippen molar-refractivity contribution in [1.29, 1.82) is 0 Å². The van der Waals surface area contributed by atoms with Gasteiger partial charge in [0.1, 0.15) is 0 Å². The molecule has 1 saturated carbocycles. The lowest BCUT2D eigenvalue weighted by Gasteiger charge is -2.29. The van der Waals surface area contributed by atoms with Crippen molar-refractivity contribution in [3.8, 4) is 0 Å². The van der Waals surface area contributed by atoms with Gasteiger partial charge < -0.3 is 5.32 Å². The fourth-order valence-electron chi connectivity index (χ4n) is 2.71. The van der Waals surface area contributed by atoms with E-state index in [1.165, 1.54) is 6.26 Å². The maximum absolute atomic E-state index is 11.9. The van der Waals surface area contributed by atoms with Gasteiger partial charge in [-0.15, -0.1) is 0 Å². The Kier molecular flexibility index (Phi) is 5.01. The molecule has 0 aromatic rings. The van der Waals surface area contributed by atoms with Gasteiger partial charge in [0.2, 0.25) is 5.91 Å². The smallest absolute Gasteiger partial charge is 0.234 e. The summed E-state index contributed by atoms with van der Waals surface area (Å²) in [7, 11) is -1.21. The number of hydrogen-bond acceptors (Lipinski definition) is 4. The molecule has 5 nitrogen and oxygen atoms in total. The molecule has 1 N–H and O–H groups in total. The molecule has 0 spiro atoms. The number of nitrogens with one attached hydrogen (secondary N) is 1. The van der Waals surface area contributed by atoms with Crippen LogP contribution in [0.1, 0.15) is 40.0 Å². The third-order valence-electron chi connectivity index (χ3n) is 3.44. The van der Waals surface area contributed by atoms with Crippen molar-refractivity contribution in [2.45, 2.75) is 56.9 Å². The molecule has 0 radical (unpaired) electrons. The Labute approximate surface area is 116 Å². The van der Waals surface area contributed by atoms with Gasteiger partial charge in [0.05, 0.1) is 11.8 Å². The molecule has 0 unspecified atom stereocenters. The Morgan fingerprint density at radius 1 is 1.32 bits per heavy atom. The summed E-state index contributed by atoms with van der Waals surface area (Å²) in [5, 5.41) is 2.56. The van der Waals surface area contributed by atoms with Gasteiger partial charge in [-0.2, -0.15) is 0 Å². The molecule has 1 aliphatic carbocycles. The van der Waals surface area contributed by atoms with Gasteiger partial charge in [0, 0.05) is 17.8 Å². The molecule has 6 heteroatoms. The predicted molar refractivity (Wildman–Crippen MR) is 76.8 cm³/mol. The van der Waals surface area contributed by atoms with Crippen LogP contribution in [0.2, 0.25) is 0 Å². The summed E-state index contributed by atoms with van der Waals surface area (Å²) in [5.41, 5.74) is -0.260. The van der Waals surface area contributed by atoms with E-state index in [-0.39, 0.29) is 29.3 Å². The second kappa shape index (κ2) is 5.79. The molecule has 1 rings (SSSR count). The standard InChI is InChI=1S/C13H26N2O3S/c1-13(2,3)14-12(16)9-15(4)10-7-6-8-11(10)19(5,17)18/h10-11H,6-9H2,1-5H3,(H,14,16)/t10-,11+/m1/s1. The summed E-state index contributed by atoms with van der Waals surface area (Å²) in [4.78, 5) is 13.8. The van der Waals surface area contributed by atoms with E-state index in [2.05, 4.69) is 5.32 Å². The first-order valence-corrected chi connectivity index (χ1v) is 8.66. The van der Waals surface area contributed by atoms with Gasteiger partial charge >= 0.3 is 0 Å². The fraction of sp³-hybridized carbons (Fsp3) is 0.923.